The Labute approximate surface area is 78.1 Å². The minimum Gasteiger partial charge on any atom is -0.211 e. The van der Waals surface area contributed by atoms with Crippen LogP contribution in [0.4, 0.5) is 13.2 Å². The Morgan fingerprint density at radius 1 is 1.21 bits per heavy atom. The van der Waals surface area contributed by atoms with E-state index in [1.54, 1.807) is 0 Å². The molecule has 2 nitrogen and oxygen atoms in total. The fourth-order valence-electron chi connectivity index (χ4n) is 0.993. The van der Waals surface area contributed by atoms with Crippen LogP contribution in [-0.4, -0.2) is 12.5 Å². The first-order valence-electron chi connectivity index (χ1n) is 3.75. The fourth-order valence-corrected chi connectivity index (χ4v) is 0.993. The van der Waals surface area contributed by atoms with Crippen molar-refractivity contribution in [3.8, 4) is 0 Å². The number of nitrogens with zero attached hydrogens (tertiary/aromatic N) is 1. The topological polar surface area (TPSA) is 29.4 Å². The maximum Gasteiger partial charge on any atom is 0.265 e. The van der Waals surface area contributed by atoms with E-state index < -0.39 is 18.3 Å². The van der Waals surface area contributed by atoms with Gasteiger partial charge < -0.3 is 0 Å². The molecule has 0 aliphatic heterocycles. The van der Waals surface area contributed by atoms with Crippen molar-refractivity contribution in [1.82, 2.24) is 0 Å². The maximum absolute atomic E-state index is 12.4. The Bertz CT molecular complexity index is 344. The van der Waals surface area contributed by atoms with Crippen LogP contribution in [0.15, 0.2) is 29.3 Å². The molecule has 1 rings (SSSR count). The molecule has 0 heterocycles. The molecule has 0 aliphatic carbocycles. The van der Waals surface area contributed by atoms with E-state index in [2.05, 4.69) is 4.99 Å². The fraction of sp³-hybridized carbons (Fsp3) is 0.222. The second-order valence-corrected chi connectivity index (χ2v) is 2.55. The van der Waals surface area contributed by atoms with E-state index in [1.807, 2.05) is 0 Å². The van der Waals surface area contributed by atoms with Gasteiger partial charge in [-0.2, -0.15) is 4.99 Å². The van der Waals surface area contributed by atoms with E-state index in [-0.39, 0.29) is 5.56 Å². The van der Waals surface area contributed by atoms with Gasteiger partial charge >= 0.3 is 0 Å². The van der Waals surface area contributed by atoms with Gasteiger partial charge in [0.1, 0.15) is 11.9 Å². The number of aliphatic imine (C=N–C) groups is 1. The molecule has 0 aliphatic rings. The summed E-state index contributed by atoms with van der Waals surface area (Å²) in [7, 11) is 0. The zero-order valence-electron chi connectivity index (χ0n) is 6.95. The predicted octanol–water partition coefficient (Wildman–Crippen LogP) is 2.47. The van der Waals surface area contributed by atoms with Gasteiger partial charge in [0.25, 0.3) is 6.43 Å². The number of isocyanates is 1. The quantitative estimate of drug-likeness (QED) is 0.545. The van der Waals surface area contributed by atoms with Crippen LogP contribution < -0.4 is 0 Å². The average molecular weight is 201 g/mol. The summed E-state index contributed by atoms with van der Waals surface area (Å²) in [5.74, 6) is -0.531. The highest BCUT2D eigenvalue weighted by molar-refractivity contribution is 5.35. The van der Waals surface area contributed by atoms with Gasteiger partial charge in [-0.15, -0.1) is 0 Å². The van der Waals surface area contributed by atoms with Crippen LogP contribution >= 0.6 is 0 Å². The van der Waals surface area contributed by atoms with Gasteiger partial charge in [0.2, 0.25) is 6.08 Å². The smallest absolute Gasteiger partial charge is 0.211 e. The molecule has 0 aromatic heterocycles. The molecule has 0 saturated heterocycles. The molecule has 74 valence electrons. The van der Waals surface area contributed by atoms with Gasteiger partial charge in [-0.3, -0.25) is 0 Å². The van der Waals surface area contributed by atoms with Gasteiger partial charge in [0.05, 0.1) is 0 Å². The highest BCUT2D eigenvalue weighted by Crippen LogP contribution is 2.24. The van der Waals surface area contributed by atoms with Crippen molar-refractivity contribution in [1.29, 1.82) is 0 Å². The standard InChI is InChI=1S/C9H6F3NO/c10-7-3-1-6(2-4-7)8(9(11)12)13-5-14/h1-4,8-9H. The van der Waals surface area contributed by atoms with Crippen molar-refractivity contribution >= 4 is 6.08 Å². The Balaban J connectivity index is 2.99. The molecule has 0 spiro atoms. The summed E-state index contributed by atoms with van der Waals surface area (Å²) in [6.07, 6.45) is -1.74. The first kappa shape index (κ1) is 10.5. The number of rotatable bonds is 3. The van der Waals surface area contributed by atoms with Crippen molar-refractivity contribution in [2.24, 2.45) is 4.99 Å². The van der Waals surface area contributed by atoms with Crippen LogP contribution in [0.5, 0.6) is 0 Å². The lowest BCUT2D eigenvalue weighted by Crippen LogP contribution is -2.06. The Kier molecular flexibility index (Phi) is 3.42. The highest BCUT2D eigenvalue weighted by Gasteiger charge is 2.21. The van der Waals surface area contributed by atoms with E-state index >= 15 is 0 Å². The lowest BCUT2D eigenvalue weighted by atomic mass is 10.1. The normalized spacial score (nSPS) is 12.3. The summed E-state index contributed by atoms with van der Waals surface area (Å²) >= 11 is 0. The number of hydrogen-bond donors (Lipinski definition) is 0. The first-order valence-corrected chi connectivity index (χ1v) is 3.75. The SMILES string of the molecule is O=C=NC(c1ccc(F)cc1)C(F)F. The van der Waals surface area contributed by atoms with E-state index in [9.17, 15) is 18.0 Å². The van der Waals surface area contributed by atoms with Gasteiger partial charge in [0, 0.05) is 0 Å². The van der Waals surface area contributed by atoms with E-state index in [0.29, 0.717) is 0 Å². The van der Waals surface area contributed by atoms with E-state index in [0.717, 1.165) is 30.3 Å². The summed E-state index contributed by atoms with van der Waals surface area (Å²) in [6.45, 7) is 0. The largest absolute Gasteiger partial charge is 0.265 e. The van der Waals surface area contributed by atoms with Gasteiger partial charge in [-0.1, -0.05) is 12.1 Å². The van der Waals surface area contributed by atoms with Crippen LogP contribution in [0, 0.1) is 5.82 Å². The van der Waals surface area contributed by atoms with Crippen molar-refractivity contribution in [3.63, 3.8) is 0 Å². The van der Waals surface area contributed by atoms with Crippen LogP contribution in [0.2, 0.25) is 0 Å². The van der Waals surface area contributed by atoms with Crippen molar-refractivity contribution < 1.29 is 18.0 Å². The van der Waals surface area contributed by atoms with Crippen LogP contribution in [0.1, 0.15) is 11.6 Å². The number of benzene rings is 1. The summed E-state index contributed by atoms with van der Waals surface area (Å²) in [4.78, 5) is 12.8. The molecule has 1 aromatic carbocycles. The second-order valence-electron chi connectivity index (χ2n) is 2.55. The Morgan fingerprint density at radius 2 is 1.79 bits per heavy atom. The predicted molar refractivity (Wildman–Crippen MR) is 43.3 cm³/mol. The molecule has 0 N–H and O–H groups in total. The molecule has 14 heavy (non-hydrogen) atoms. The molecular formula is C9H6F3NO. The van der Waals surface area contributed by atoms with Crippen molar-refractivity contribution in [3.05, 3.63) is 35.6 Å². The van der Waals surface area contributed by atoms with Crippen LogP contribution in [0.25, 0.3) is 0 Å². The zero-order chi connectivity index (χ0) is 10.6. The summed E-state index contributed by atoms with van der Waals surface area (Å²) < 4.78 is 37.1. The number of alkyl halides is 2. The Hall–Kier alpha value is -1.61. The highest BCUT2D eigenvalue weighted by atomic mass is 19.3. The lowest BCUT2D eigenvalue weighted by Gasteiger charge is -2.08. The van der Waals surface area contributed by atoms with Gasteiger partial charge in [-0.25, -0.2) is 18.0 Å². The molecule has 5 heteroatoms. The summed E-state index contributed by atoms with van der Waals surface area (Å²) in [6, 6.07) is 2.82. The minimum absolute atomic E-state index is 0.0877. The molecule has 0 saturated carbocycles. The molecule has 1 aromatic rings. The molecule has 1 atom stereocenters. The third-order valence-electron chi connectivity index (χ3n) is 1.64. The lowest BCUT2D eigenvalue weighted by molar-refractivity contribution is 0.117. The summed E-state index contributed by atoms with van der Waals surface area (Å²) in [5.41, 5.74) is 0.0877. The number of halogens is 3. The van der Waals surface area contributed by atoms with Crippen LogP contribution in [-0.2, 0) is 4.79 Å². The zero-order valence-corrected chi connectivity index (χ0v) is 6.95. The minimum atomic E-state index is -2.80. The van der Waals surface area contributed by atoms with Crippen molar-refractivity contribution in [2.75, 3.05) is 0 Å². The average Bonchev–Trinajstić information content (AvgIpc) is 2.15. The molecule has 0 bridgehead atoms. The van der Waals surface area contributed by atoms with E-state index in [4.69, 9.17) is 0 Å². The molecule has 0 fully saturated rings. The van der Waals surface area contributed by atoms with E-state index in [1.165, 1.54) is 0 Å². The van der Waals surface area contributed by atoms with Gasteiger partial charge in [-0.05, 0) is 17.7 Å². The molecule has 0 radical (unpaired) electrons. The first-order chi connectivity index (χ1) is 6.65. The molecule has 0 amide bonds. The second kappa shape index (κ2) is 4.58. The number of hydrogen-bond acceptors (Lipinski definition) is 2. The maximum atomic E-state index is 12.4. The summed E-state index contributed by atoms with van der Waals surface area (Å²) in [5, 5.41) is 0. The Morgan fingerprint density at radius 3 is 2.21 bits per heavy atom. The third-order valence-corrected chi connectivity index (χ3v) is 1.64. The molecular weight excluding hydrogens is 195 g/mol. The molecule has 1 unspecified atom stereocenters. The number of carbonyl (C=O) groups excluding carboxylic acids is 1. The monoisotopic (exact) mass is 201 g/mol. The van der Waals surface area contributed by atoms with Crippen molar-refractivity contribution in [2.45, 2.75) is 12.5 Å². The van der Waals surface area contributed by atoms with Crippen LogP contribution in [0.3, 0.4) is 0 Å². The van der Waals surface area contributed by atoms with Gasteiger partial charge in [0.15, 0.2) is 0 Å². The third kappa shape index (κ3) is 2.44.